The lowest BCUT2D eigenvalue weighted by atomic mass is 9.95. The van der Waals surface area contributed by atoms with Crippen LogP contribution in [0.1, 0.15) is 69.2 Å². The zero-order valence-electron chi connectivity index (χ0n) is 36.4. The van der Waals surface area contributed by atoms with Crippen molar-refractivity contribution in [3.05, 3.63) is 0 Å². The minimum atomic E-state index is -2.17. The van der Waals surface area contributed by atoms with Crippen LogP contribution in [0.4, 0.5) is 0 Å². The molecule has 3 heterocycles. The molecule has 26 nitrogen and oxygen atoms in total. The molecule has 15 atom stereocenters. The summed E-state index contributed by atoms with van der Waals surface area (Å²) in [4.78, 5) is 123. The lowest BCUT2D eigenvalue weighted by molar-refractivity contribution is -0.363. The summed E-state index contributed by atoms with van der Waals surface area (Å²) in [7, 11) is 0. The van der Waals surface area contributed by atoms with Gasteiger partial charge in [0, 0.05) is 69.2 Å². The quantitative estimate of drug-likeness (QED) is 0.123. The standard InChI is InChI=1S/C38H52O26/c1-14(39)50-11-25-28(54-17(4)42)31(56-19(6)44)34(59-22(9)47)37(62-25)52-13-24-27(53-16(3)41)30(33(36(49)61-24)58-21(8)46)64-38-35(60-23(10)48)32(57-20(7)45)29(55-18(5)43)26(63-38)12-51-15(2)40/h24-38,49H,11-13H2,1-10H3/t24-,25-,26-,27-,28-,29-,30+,31+,32+,33+,34+,35+,36?,37+,38-/m1/s1. The fourth-order valence-electron chi connectivity index (χ4n) is 6.80. The van der Waals surface area contributed by atoms with Crippen LogP contribution < -0.4 is 0 Å². The Kier molecular flexibility index (Phi) is 19.8. The third-order valence-corrected chi connectivity index (χ3v) is 8.83. The van der Waals surface area contributed by atoms with E-state index in [9.17, 15) is 53.1 Å². The van der Waals surface area contributed by atoms with Crippen molar-refractivity contribution in [1.82, 2.24) is 0 Å². The first-order valence-electron chi connectivity index (χ1n) is 19.4. The topological polar surface area (TPSA) is 329 Å². The van der Waals surface area contributed by atoms with Gasteiger partial charge in [-0.25, -0.2) is 0 Å². The van der Waals surface area contributed by atoms with Crippen LogP contribution >= 0.6 is 0 Å². The summed E-state index contributed by atoms with van der Waals surface area (Å²) in [6, 6.07) is 0. The summed E-state index contributed by atoms with van der Waals surface area (Å²) in [5.74, 6) is -9.44. The number of ether oxygens (including phenoxy) is 15. The Morgan fingerprint density at radius 1 is 0.344 bits per heavy atom. The minimum Gasteiger partial charge on any atom is -0.463 e. The van der Waals surface area contributed by atoms with Crippen molar-refractivity contribution >= 4 is 59.7 Å². The SMILES string of the molecule is CC(=O)OC[C@H]1O[C@H](OC[C@H]2OC(O)[C@@H](OC(C)=O)[C@@H](O[C@H]3O[C@H](COC(C)=O)[C@@H](OC(C)=O)[C@H](OC(C)=O)[C@@H]3OC(C)=O)[C@@H]2OC(C)=O)[C@@H](OC(C)=O)[C@@H](OC(C)=O)[C@@H]1OC(C)=O. The molecular formula is C38H52O26. The summed E-state index contributed by atoms with van der Waals surface area (Å²) in [6.45, 7) is 7.78. The molecule has 0 aromatic carbocycles. The van der Waals surface area contributed by atoms with Crippen molar-refractivity contribution in [3.8, 4) is 0 Å². The predicted octanol–water partition coefficient (Wildman–Crippen LogP) is -1.86. The molecule has 1 N–H and O–H groups in total. The average molecular weight is 925 g/mol. The van der Waals surface area contributed by atoms with Crippen molar-refractivity contribution in [1.29, 1.82) is 0 Å². The lowest BCUT2D eigenvalue weighted by Gasteiger charge is -2.48. The third kappa shape index (κ3) is 15.6. The fourth-order valence-corrected chi connectivity index (χ4v) is 6.80. The Bertz CT molecular complexity index is 1730. The van der Waals surface area contributed by atoms with E-state index in [2.05, 4.69) is 0 Å². The lowest BCUT2D eigenvalue weighted by Crippen LogP contribution is -2.67. The molecule has 3 fully saturated rings. The Morgan fingerprint density at radius 2 is 0.641 bits per heavy atom. The van der Waals surface area contributed by atoms with Gasteiger partial charge in [0.2, 0.25) is 0 Å². The molecule has 26 heteroatoms. The van der Waals surface area contributed by atoms with Gasteiger partial charge in [-0.05, 0) is 0 Å². The van der Waals surface area contributed by atoms with Gasteiger partial charge < -0.3 is 76.2 Å². The predicted molar refractivity (Wildman–Crippen MR) is 197 cm³/mol. The van der Waals surface area contributed by atoms with Crippen LogP contribution in [-0.4, -0.2) is 177 Å². The number of carbonyl (C=O) groups is 10. The molecule has 3 aliphatic rings. The van der Waals surface area contributed by atoms with E-state index in [1.54, 1.807) is 0 Å². The van der Waals surface area contributed by atoms with Crippen LogP contribution in [-0.2, 0) is 119 Å². The van der Waals surface area contributed by atoms with Crippen molar-refractivity contribution < 1.29 is 124 Å². The molecule has 3 aliphatic heterocycles. The molecule has 1 unspecified atom stereocenters. The number of esters is 10. The van der Waals surface area contributed by atoms with E-state index >= 15 is 0 Å². The number of rotatable bonds is 17. The maximum absolute atomic E-state index is 12.7. The summed E-state index contributed by atoms with van der Waals surface area (Å²) < 4.78 is 83.5. The van der Waals surface area contributed by atoms with Gasteiger partial charge in [0.25, 0.3) is 0 Å². The zero-order chi connectivity index (χ0) is 48.2. The molecule has 0 aromatic heterocycles. The Balaban J connectivity index is 2.16. The van der Waals surface area contributed by atoms with Crippen molar-refractivity contribution in [2.45, 2.75) is 161 Å². The molecule has 0 amide bonds. The van der Waals surface area contributed by atoms with Gasteiger partial charge in [-0.2, -0.15) is 0 Å². The van der Waals surface area contributed by atoms with Crippen LogP contribution in [0.25, 0.3) is 0 Å². The molecule has 0 aliphatic carbocycles. The van der Waals surface area contributed by atoms with Crippen molar-refractivity contribution in [3.63, 3.8) is 0 Å². The number of carbonyl (C=O) groups excluding carboxylic acids is 10. The molecule has 0 radical (unpaired) electrons. The number of hydrogen-bond donors (Lipinski definition) is 1. The Hall–Kier alpha value is -5.54. The van der Waals surface area contributed by atoms with Gasteiger partial charge in [0.05, 0.1) is 6.61 Å². The smallest absolute Gasteiger partial charge is 0.303 e. The van der Waals surface area contributed by atoms with Gasteiger partial charge in [0.1, 0.15) is 37.6 Å². The highest BCUT2D eigenvalue weighted by Gasteiger charge is 2.58. The maximum Gasteiger partial charge on any atom is 0.303 e. The van der Waals surface area contributed by atoms with Crippen molar-refractivity contribution in [2.75, 3.05) is 19.8 Å². The first kappa shape index (κ1) is 52.8. The number of aliphatic hydroxyl groups is 1. The fraction of sp³-hybridized carbons (Fsp3) is 0.737. The van der Waals surface area contributed by atoms with E-state index in [1.807, 2.05) is 0 Å². The van der Waals surface area contributed by atoms with E-state index in [0.717, 1.165) is 69.2 Å². The number of aliphatic hydroxyl groups excluding tert-OH is 1. The van der Waals surface area contributed by atoms with Gasteiger partial charge in [-0.1, -0.05) is 0 Å². The average Bonchev–Trinajstić information content (AvgIpc) is 3.14. The summed E-state index contributed by atoms with van der Waals surface area (Å²) >= 11 is 0. The van der Waals surface area contributed by atoms with Crippen LogP contribution in [0, 0.1) is 0 Å². The second-order valence-electron chi connectivity index (χ2n) is 14.3. The van der Waals surface area contributed by atoms with Gasteiger partial charge in [-0.15, -0.1) is 0 Å². The van der Waals surface area contributed by atoms with E-state index in [1.165, 1.54) is 0 Å². The molecule has 64 heavy (non-hydrogen) atoms. The van der Waals surface area contributed by atoms with Gasteiger partial charge in [-0.3, -0.25) is 47.9 Å². The molecule has 3 rings (SSSR count). The molecule has 3 saturated heterocycles. The Labute approximate surface area is 364 Å². The van der Waals surface area contributed by atoms with Crippen LogP contribution in [0.5, 0.6) is 0 Å². The van der Waals surface area contributed by atoms with Crippen LogP contribution in [0.15, 0.2) is 0 Å². The van der Waals surface area contributed by atoms with E-state index in [-0.39, 0.29) is 0 Å². The first-order valence-corrected chi connectivity index (χ1v) is 19.4. The van der Waals surface area contributed by atoms with E-state index in [4.69, 9.17) is 71.1 Å². The van der Waals surface area contributed by atoms with Crippen LogP contribution in [0.2, 0.25) is 0 Å². The third-order valence-electron chi connectivity index (χ3n) is 8.83. The summed E-state index contributed by atoms with van der Waals surface area (Å²) in [6.07, 6.45) is -26.5. The first-order chi connectivity index (χ1) is 29.9. The summed E-state index contributed by atoms with van der Waals surface area (Å²) in [5, 5.41) is 11.4. The molecule has 0 saturated carbocycles. The molecule has 0 aromatic rings. The largest absolute Gasteiger partial charge is 0.463 e. The molecule has 0 spiro atoms. The highest BCUT2D eigenvalue weighted by Crippen LogP contribution is 2.36. The van der Waals surface area contributed by atoms with E-state index < -0.39 is 172 Å². The minimum absolute atomic E-state index is 0.623. The zero-order valence-corrected chi connectivity index (χ0v) is 36.4. The molecule has 0 bridgehead atoms. The molecule has 360 valence electrons. The van der Waals surface area contributed by atoms with Gasteiger partial charge in [0.15, 0.2) is 67.7 Å². The second kappa shape index (κ2) is 23.9. The van der Waals surface area contributed by atoms with Crippen molar-refractivity contribution in [2.24, 2.45) is 0 Å². The highest BCUT2D eigenvalue weighted by molar-refractivity contribution is 5.70. The monoisotopic (exact) mass is 924 g/mol. The second-order valence-corrected chi connectivity index (χ2v) is 14.3. The number of hydrogen-bond acceptors (Lipinski definition) is 26. The normalized spacial score (nSPS) is 32.3. The van der Waals surface area contributed by atoms with Gasteiger partial charge >= 0.3 is 59.7 Å². The van der Waals surface area contributed by atoms with Crippen LogP contribution in [0.3, 0.4) is 0 Å². The Morgan fingerprint density at radius 3 is 1.02 bits per heavy atom. The van der Waals surface area contributed by atoms with E-state index in [0.29, 0.717) is 0 Å². The maximum atomic E-state index is 12.7. The highest BCUT2D eigenvalue weighted by atomic mass is 16.8. The molecular weight excluding hydrogens is 872 g/mol. The summed E-state index contributed by atoms with van der Waals surface area (Å²) in [5.41, 5.74) is 0.